The van der Waals surface area contributed by atoms with Crippen LogP contribution in [0.2, 0.25) is 0 Å². The van der Waals surface area contributed by atoms with Crippen molar-refractivity contribution in [3.63, 3.8) is 0 Å². The Balaban J connectivity index is 2.05. The van der Waals surface area contributed by atoms with E-state index in [1.54, 1.807) is 0 Å². The van der Waals surface area contributed by atoms with Gasteiger partial charge in [0, 0.05) is 19.5 Å². The molecule has 1 N–H and O–H groups in total. The van der Waals surface area contributed by atoms with E-state index in [4.69, 9.17) is 5.11 Å². The number of carbonyl (C=O) groups is 2. The van der Waals surface area contributed by atoms with Crippen LogP contribution in [-0.4, -0.2) is 48.6 Å². The zero-order valence-corrected chi connectivity index (χ0v) is 14.1. The van der Waals surface area contributed by atoms with Gasteiger partial charge in [0.1, 0.15) is 5.82 Å². The van der Waals surface area contributed by atoms with E-state index >= 15 is 0 Å². The van der Waals surface area contributed by atoms with Crippen LogP contribution in [-0.2, 0) is 19.4 Å². The molecule has 0 radical (unpaired) electrons. The van der Waals surface area contributed by atoms with Gasteiger partial charge in [-0.15, -0.1) is 0 Å². The Labute approximate surface area is 140 Å². The van der Waals surface area contributed by atoms with E-state index in [2.05, 4.69) is 0 Å². The van der Waals surface area contributed by atoms with Crippen molar-refractivity contribution >= 4 is 21.7 Å². The minimum Gasteiger partial charge on any atom is -0.481 e. The van der Waals surface area contributed by atoms with Crippen molar-refractivity contribution in [3.05, 3.63) is 30.1 Å². The van der Waals surface area contributed by atoms with Crippen LogP contribution in [0.15, 0.2) is 29.2 Å². The summed E-state index contributed by atoms with van der Waals surface area (Å²) in [5.41, 5.74) is 0. The van der Waals surface area contributed by atoms with Crippen molar-refractivity contribution in [1.29, 1.82) is 0 Å². The van der Waals surface area contributed by atoms with Gasteiger partial charge in [-0.3, -0.25) is 9.59 Å². The number of hydrogen-bond donors (Lipinski definition) is 1. The summed E-state index contributed by atoms with van der Waals surface area (Å²) in [5, 5.41) is 8.08. The number of likely N-dealkylation sites (tertiary alicyclic amines) is 1. The summed E-state index contributed by atoms with van der Waals surface area (Å²) >= 11 is 0. The molecule has 1 amide bonds. The van der Waals surface area contributed by atoms with Gasteiger partial charge in [0.15, 0.2) is 9.84 Å². The fourth-order valence-corrected chi connectivity index (χ4v) is 4.09. The Hall–Kier alpha value is -1.96. The highest BCUT2D eigenvalue weighted by Gasteiger charge is 2.31. The van der Waals surface area contributed by atoms with Crippen LogP contribution in [0, 0.1) is 11.7 Å². The lowest BCUT2D eigenvalue weighted by molar-refractivity contribution is -0.145. The van der Waals surface area contributed by atoms with Crippen LogP contribution < -0.4 is 0 Å². The molecule has 0 aliphatic carbocycles. The molecule has 1 heterocycles. The third-order valence-corrected chi connectivity index (χ3v) is 6.41. The highest BCUT2D eigenvalue weighted by Crippen LogP contribution is 2.22. The van der Waals surface area contributed by atoms with Crippen molar-refractivity contribution in [1.82, 2.24) is 4.90 Å². The van der Waals surface area contributed by atoms with E-state index in [9.17, 15) is 22.4 Å². The molecule has 0 aromatic heterocycles. The van der Waals surface area contributed by atoms with Crippen molar-refractivity contribution in [2.24, 2.45) is 5.92 Å². The van der Waals surface area contributed by atoms with Crippen LogP contribution >= 0.6 is 0 Å². The number of piperidine rings is 1. The zero-order valence-electron chi connectivity index (χ0n) is 13.3. The van der Waals surface area contributed by atoms with Crippen LogP contribution in [0.4, 0.5) is 4.39 Å². The molecule has 132 valence electrons. The maximum Gasteiger partial charge on any atom is 0.308 e. The SMILES string of the molecule is CC(CC(=O)N1CCCC(C(=O)O)C1)S(=O)(=O)c1ccc(F)cc1. The smallest absolute Gasteiger partial charge is 0.308 e. The van der Waals surface area contributed by atoms with Crippen molar-refractivity contribution < 1.29 is 27.5 Å². The molecule has 1 aromatic carbocycles. The monoisotopic (exact) mass is 357 g/mol. The summed E-state index contributed by atoms with van der Waals surface area (Å²) in [7, 11) is -3.75. The summed E-state index contributed by atoms with van der Waals surface area (Å²) in [6, 6.07) is 4.47. The van der Waals surface area contributed by atoms with Gasteiger partial charge < -0.3 is 10.0 Å². The second kappa shape index (κ2) is 7.29. The number of amides is 1. The molecule has 6 nitrogen and oxygen atoms in total. The molecule has 1 aliphatic heterocycles. The Morgan fingerprint density at radius 3 is 2.54 bits per heavy atom. The molecule has 0 bridgehead atoms. The maximum absolute atomic E-state index is 12.9. The first kappa shape index (κ1) is 18.4. The maximum atomic E-state index is 12.9. The summed E-state index contributed by atoms with van der Waals surface area (Å²) in [6.45, 7) is 1.97. The lowest BCUT2D eigenvalue weighted by atomic mass is 9.98. The second-order valence-corrected chi connectivity index (χ2v) is 8.40. The predicted octanol–water partition coefficient (Wildman–Crippen LogP) is 1.70. The first-order valence-electron chi connectivity index (χ1n) is 7.72. The fraction of sp³-hybridized carbons (Fsp3) is 0.500. The number of sulfone groups is 1. The molecule has 2 rings (SSSR count). The lowest BCUT2D eigenvalue weighted by Gasteiger charge is -2.31. The number of carboxylic acids is 1. The molecule has 0 spiro atoms. The minimum atomic E-state index is -3.75. The molecule has 2 atom stereocenters. The molecule has 1 fully saturated rings. The van der Waals surface area contributed by atoms with Gasteiger partial charge in [-0.05, 0) is 44.0 Å². The number of halogens is 1. The van der Waals surface area contributed by atoms with Gasteiger partial charge in [0.25, 0.3) is 0 Å². The molecule has 1 saturated heterocycles. The molecule has 1 aromatic rings. The third-order valence-electron chi connectivity index (χ3n) is 4.26. The highest BCUT2D eigenvalue weighted by atomic mass is 32.2. The molecule has 24 heavy (non-hydrogen) atoms. The summed E-state index contributed by atoms with van der Waals surface area (Å²) in [6.07, 6.45) is 0.871. The van der Waals surface area contributed by atoms with E-state index < -0.39 is 32.8 Å². The van der Waals surface area contributed by atoms with Gasteiger partial charge in [0.05, 0.1) is 16.1 Å². The van der Waals surface area contributed by atoms with E-state index in [-0.39, 0.29) is 23.8 Å². The standard InChI is InChI=1S/C16H20FNO5S/c1-11(24(22,23)14-6-4-13(17)5-7-14)9-15(19)18-8-2-3-12(10-18)16(20)21/h4-7,11-12H,2-3,8-10H2,1H3,(H,20,21). The predicted molar refractivity (Wildman–Crippen MR) is 84.6 cm³/mol. The van der Waals surface area contributed by atoms with Crippen molar-refractivity contribution in [2.75, 3.05) is 13.1 Å². The minimum absolute atomic E-state index is 0.0359. The van der Waals surface area contributed by atoms with Gasteiger partial charge >= 0.3 is 5.97 Å². The zero-order chi connectivity index (χ0) is 17.9. The van der Waals surface area contributed by atoms with Crippen LogP contribution in [0.1, 0.15) is 26.2 Å². The van der Waals surface area contributed by atoms with Crippen molar-refractivity contribution in [3.8, 4) is 0 Å². The average molecular weight is 357 g/mol. The third kappa shape index (κ3) is 4.11. The molecular weight excluding hydrogens is 337 g/mol. The summed E-state index contributed by atoms with van der Waals surface area (Å²) < 4.78 is 37.8. The number of carbonyl (C=O) groups excluding carboxylic acids is 1. The lowest BCUT2D eigenvalue weighted by Crippen LogP contribution is -2.43. The van der Waals surface area contributed by atoms with E-state index in [0.717, 1.165) is 12.1 Å². The molecule has 0 saturated carbocycles. The topological polar surface area (TPSA) is 91.8 Å². The number of aliphatic carboxylic acids is 1. The number of hydrogen-bond acceptors (Lipinski definition) is 4. The second-order valence-electron chi connectivity index (χ2n) is 6.03. The quantitative estimate of drug-likeness (QED) is 0.810. The Morgan fingerprint density at radius 1 is 1.33 bits per heavy atom. The molecule has 1 aliphatic rings. The van der Waals surface area contributed by atoms with Gasteiger partial charge in [-0.25, -0.2) is 12.8 Å². The Kier molecular flexibility index (Phi) is 5.58. The van der Waals surface area contributed by atoms with Gasteiger partial charge in [-0.1, -0.05) is 0 Å². The number of nitrogens with zero attached hydrogens (tertiary/aromatic N) is 1. The fourth-order valence-electron chi connectivity index (χ4n) is 2.75. The van der Waals surface area contributed by atoms with E-state index in [0.29, 0.717) is 19.4 Å². The molecular formula is C16H20FNO5S. The van der Waals surface area contributed by atoms with Crippen LogP contribution in [0.5, 0.6) is 0 Å². The first-order chi connectivity index (χ1) is 11.2. The molecule has 2 unspecified atom stereocenters. The van der Waals surface area contributed by atoms with Crippen LogP contribution in [0.3, 0.4) is 0 Å². The van der Waals surface area contributed by atoms with E-state index in [1.165, 1.54) is 24.0 Å². The number of rotatable bonds is 5. The van der Waals surface area contributed by atoms with Crippen molar-refractivity contribution in [2.45, 2.75) is 36.3 Å². The Bertz CT molecular complexity index is 716. The first-order valence-corrected chi connectivity index (χ1v) is 9.26. The normalized spacial score (nSPS) is 19.8. The summed E-state index contributed by atoms with van der Waals surface area (Å²) in [4.78, 5) is 24.7. The van der Waals surface area contributed by atoms with Gasteiger partial charge in [-0.2, -0.15) is 0 Å². The number of carboxylic acid groups (broad SMARTS) is 1. The van der Waals surface area contributed by atoms with Crippen LogP contribution in [0.25, 0.3) is 0 Å². The summed E-state index contributed by atoms with van der Waals surface area (Å²) in [5.74, 6) is -2.46. The van der Waals surface area contributed by atoms with E-state index in [1.807, 2.05) is 0 Å². The van der Waals surface area contributed by atoms with Gasteiger partial charge in [0.2, 0.25) is 5.91 Å². The highest BCUT2D eigenvalue weighted by molar-refractivity contribution is 7.92. The largest absolute Gasteiger partial charge is 0.481 e. The Morgan fingerprint density at radius 2 is 1.96 bits per heavy atom. The number of benzene rings is 1. The molecule has 8 heteroatoms. The average Bonchev–Trinajstić information content (AvgIpc) is 2.55.